The molecule has 1 heteroatoms. The van der Waals surface area contributed by atoms with E-state index in [9.17, 15) is 0 Å². The maximum atomic E-state index is 2.86. The summed E-state index contributed by atoms with van der Waals surface area (Å²) in [6.07, 6.45) is 16.9. The summed E-state index contributed by atoms with van der Waals surface area (Å²) in [4.78, 5) is 2.86. The Labute approximate surface area is 161 Å². The predicted octanol–water partition coefficient (Wildman–Crippen LogP) is 6.50. The third-order valence-corrected chi connectivity index (χ3v) is 9.95. The van der Waals surface area contributed by atoms with E-state index in [4.69, 9.17) is 0 Å². The van der Waals surface area contributed by atoms with Crippen LogP contribution in [0.15, 0.2) is 22.8 Å². The average Bonchev–Trinajstić information content (AvgIpc) is 3.37. The Morgan fingerprint density at radius 2 is 2.00 bits per heavy atom. The van der Waals surface area contributed by atoms with Gasteiger partial charge < -0.3 is 0 Å². The maximum absolute atomic E-state index is 2.86. The van der Waals surface area contributed by atoms with Crippen LogP contribution in [0, 0.1) is 22.2 Å². The molecule has 5 atom stereocenters. The molecule has 1 aliphatic heterocycles. The Kier molecular flexibility index (Phi) is 3.86. The highest BCUT2D eigenvalue weighted by molar-refractivity contribution is 5.46. The van der Waals surface area contributed by atoms with Crippen LogP contribution in [0.4, 0.5) is 0 Å². The quantitative estimate of drug-likeness (QED) is 0.309. The van der Waals surface area contributed by atoms with Gasteiger partial charge in [-0.25, -0.2) is 0 Å². The van der Waals surface area contributed by atoms with Gasteiger partial charge in [0.15, 0.2) is 0 Å². The predicted molar refractivity (Wildman–Crippen MR) is 110 cm³/mol. The van der Waals surface area contributed by atoms with Crippen molar-refractivity contribution < 1.29 is 0 Å². The smallest absolute Gasteiger partial charge is 0.0373 e. The first kappa shape index (κ1) is 17.5. The molecule has 0 aromatic rings. The van der Waals surface area contributed by atoms with Crippen molar-refractivity contribution in [3.8, 4) is 0 Å². The van der Waals surface area contributed by atoms with E-state index in [0.717, 1.165) is 12.0 Å². The highest BCUT2D eigenvalue weighted by Crippen LogP contribution is 2.81. The van der Waals surface area contributed by atoms with E-state index >= 15 is 0 Å². The van der Waals surface area contributed by atoms with Gasteiger partial charge >= 0.3 is 0 Å². The zero-order chi connectivity index (χ0) is 18.2. The number of allylic oxidation sites excluding steroid dienone is 3. The van der Waals surface area contributed by atoms with Crippen molar-refractivity contribution in [3.63, 3.8) is 0 Å². The molecule has 26 heavy (non-hydrogen) atoms. The minimum atomic E-state index is 0.506. The van der Waals surface area contributed by atoms with Crippen LogP contribution in [0.2, 0.25) is 0 Å². The lowest BCUT2D eigenvalue weighted by Gasteiger charge is -2.63. The first-order valence-electron chi connectivity index (χ1n) is 11.6. The van der Waals surface area contributed by atoms with Crippen LogP contribution < -0.4 is 0 Å². The van der Waals surface area contributed by atoms with Crippen molar-refractivity contribution in [2.45, 2.75) is 97.9 Å². The summed E-state index contributed by atoms with van der Waals surface area (Å²) >= 11 is 0. The minimum absolute atomic E-state index is 0.506. The van der Waals surface area contributed by atoms with Gasteiger partial charge in [-0.1, -0.05) is 56.4 Å². The standard InChI is InChI=1S/C25H39N/c1-5-6-7-8-20-11-12-23(4)24(22(20)26-15-16-26)13-10-19(3)25(23)14-9-18(2)21(25)17-24/h11,19,22H,5-10,12-17H2,1-4H3. The fraction of sp³-hybridized carbons (Fsp3) is 0.840. The molecule has 1 saturated heterocycles. The Morgan fingerprint density at radius 3 is 2.73 bits per heavy atom. The summed E-state index contributed by atoms with van der Waals surface area (Å²) in [5.74, 6) is 0.889. The first-order chi connectivity index (χ1) is 12.5. The summed E-state index contributed by atoms with van der Waals surface area (Å²) in [7, 11) is 0. The minimum Gasteiger partial charge on any atom is -0.294 e. The fourth-order valence-electron chi connectivity index (χ4n) is 8.55. The number of hydrogen-bond donors (Lipinski definition) is 0. The lowest BCUT2D eigenvalue weighted by molar-refractivity contribution is -0.112. The molecule has 2 bridgehead atoms. The molecular weight excluding hydrogens is 314 g/mol. The summed E-state index contributed by atoms with van der Waals surface area (Å²) in [6, 6.07) is 0.772. The molecule has 2 saturated carbocycles. The Bertz CT molecular complexity index is 668. The molecule has 5 unspecified atom stereocenters. The van der Waals surface area contributed by atoms with Crippen molar-refractivity contribution in [2.75, 3.05) is 13.1 Å². The molecule has 5 rings (SSSR count). The van der Waals surface area contributed by atoms with Gasteiger partial charge in [-0.2, -0.15) is 0 Å². The van der Waals surface area contributed by atoms with E-state index in [0.29, 0.717) is 16.2 Å². The van der Waals surface area contributed by atoms with Crippen LogP contribution >= 0.6 is 0 Å². The molecule has 0 N–H and O–H groups in total. The van der Waals surface area contributed by atoms with Crippen molar-refractivity contribution in [3.05, 3.63) is 22.8 Å². The molecule has 1 spiro atoms. The van der Waals surface area contributed by atoms with Crippen molar-refractivity contribution in [1.29, 1.82) is 0 Å². The zero-order valence-electron chi connectivity index (χ0n) is 17.7. The van der Waals surface area contributed by atoms with E-state index in [1.807, 2.05) is 11.1 Å². The van der Waals surface area contributed by atoms with Crippen LogP contribution in [-0.4, -0.2) is 24.0 Å². The Hall–Kier alpha value is -0.560. The van der Waals surface area contributed by atoms with Crippen molar-refractivity contribution >= 4 is 0 Å². The molecule has 5 aliphatic rings. The van der Waals surface area contributed by atoms with Crippen LogP contribution in [0.25, 0.3) is 0 Å². The summed E-state index contributed by atoms with van der Waals surface area (Å²) in [6.45, 7) is 12.9. The molecule has 0 amide bonds. The van der Waals surface area contributed by atoms with Gasteiger partial charge in [-0.05, 0) is 75.0 Å². The topological polar surface area (TPSA) is 3.01 Å². The molecule has 0 aromatic carbocycles. The lowest BCUT2D eigenvalue weighted by Crippen LogP contribution is -2.60. The SMILES string of the molecule is CCCCCC1=CCC2(C)C3(CCC(C)C24CCC(C)=C4C3)C1N1CC1. The molecule has 4 aliphatic carbocycles. The molecule has 1 nitrogen and oxygen atoms in total. The molecular formula is C25H39N. The monoisotopic (exact) mass is 353 g/mol. The number of nitrogens with zero attached hydrogens (tertiary/aromatic N) is 1. The number of hydrogen-bond acceptors (Lipinski definition) is 1. The van der Waals surface area contributed by atoms with E-state index in [2.05, 4.69) is 38.7 Å². The molecule has 3 fully saturated rings. The van der Waals surface area contributed by atoms with Crippen LogP contribution in [0.1, 0.15) is 91.9 Å². The summed E-state index contributed by atoms with van der Waals surface area (Å²) < 4.78 is 0. The second-order valence-electron chi connectivity index (χ2n) is 10.7. The van der Waals surface area contributed by atoms with Crippen molar-refractivity contribution in [1.82, 2.24) is 4.90 Å². The van der Waals surface area contributed by atoms with Gasteiger partial charge in [0, 0.05) is 24.5 Å². The molecule has 0 aromatic heterocycles. The number of rotatable bonds is 5. The van der Waals surface area contributed by atoms with Gasteiger partial charge in [-0.15, -0.1) is 0 Å². The zero-order valence-corrected chi connectivity index (χ0v) is 17.7. The van der Waals surface area contributed by atoms with Crippen LogP contribution in [-0.2, 0) is 0 Å². The molecule has 144 valence electrons. The van der Waals surface area contributed by atoms with E-state index in [1.54, 1.807) is 5.57 Å². The second-order valence-corrected chi connectivity index (χ2v) is 10.7. The lowest BCUT2D eigenvalue weighted by atomic mass is 9.42. The molecule has 1 heterocycles. The largest absolute Gasteiger partial charge is 0.294 e. The average molecular weight is 354 g/mol. The van der Waals surface area contributed by atoms with Gasteiger partial charge in [0.2, 0.25) is 0 Å². The molecule has 0 radical (unpaired) electrons. The maximum Gasteiger partial charge on any atom is 0.0373 e. The normalized spacial score (nSPS) is 47.0. The Morgan fingerprint density at radius 1 is 1.19 bits per heavy atom. The van der Waals surface area contributed by atoms with Gasteiger partial charge in [0.25, 0.3) is 0 Å². The van der Waals surface area contributed by atoms with Gasteiger partial charge in [-0.3, -0.25) is 4.90 Å². The third-order valence-electron chi connectivity index (χ3n) is 9.95. The second kappa shape index (κ2) is 5.72. The van der Waals surface area contributed by atoms with Gasteiger partial charge in [0.1, 0.15) is 0 Å². The third kappa shape index (κ3) is 1.92. The van der Waals surface area contributed by atoms with Crippen LogP contribution in [0.5, 0.6) is 0 Å². The van der Waals surface area contributed by atoms with E-state index < -0.39 is 0 Å². The summed E-state index contributed by atoms with van der Waals surface area (Å²) in [5, 5.41) is 0. The van der Waals surface area contributed by atoms with Gasteiger partial charge in [0.05, 0.1) is 0 Å². The fourth-order valence-corrected chi connectivity index (χ4v) is 8.55. The number of unbranched alkanes of at least 4 members (excludes halogenated alkanes) is 2. The van der Waals surface area contributed by atoms with E-state index in [1.165, 1.54) is 77.3 Å². The highest BCUT2D eigenvalue weighted by atomic mass is 15.3. The highest BCUT2D eigenvalue weighted by Gasteiger charge is 2.75. The Balaban J connectivity index is 1.61. The van der Waals surface area contributed by atoms with Crippen molar-refractivity contribution in [2.24, 2.45) is 22.2 Å². The first-order valence-corrected chi connectivity index (χ1v) is 11.6. The summed E-state index contributed by atoms with van der Waals surface area (Å²) in [5.41, 5.74) is 7.16. The van der Waals surface area contributed by atoms with Crippen LogP contribution in [0.3, 0.4) is 0 Å². The van der Waals surface area contributed by atoms with E-state index in [-0.39, 0.29) is 0 Å².